The van der Waals surface area contributed by atoms with Gasteiger partial charge >= 0.3 is 0 Å². The molecule has 4 rings (SSSR count). The lowest BCUT2D eigenvalue weighted by Gasteiger charge is -2.57. The van der Waals surface area contributed by atoms with Crippen LogP contribution in [0, 0.1) is 40.4 Å². The van der Waals surface area contributed by atoms with Gasteiger partial charge in [-0.2, -0.15) is 0 Å². The van der Waals surface area contributed by atoms with Gasteiger partial charge in [-0.05, 0) is 61.7 Å². The smallest absolute Gasteiger partial charge is 0.136 e. The second kappa shape index (κ2) is 6.62. The summed E-state index contributed by atoms with van der Waals surface area (Å²) >= 11 is 2.35. The molecule has 0 bridgehead atoms. The van der Waals surface area contributed by atoms with E-state index >= 15 is 0 Å². The Morgan fingerprint density at radius 1 is 1.23 bits per heavy atom. The minimum absolute atomic E-state index is 0.0708. The number of rotatable bonds is 1. The molecular weight excluding hydrogens is 435 g/mol. The summed E-state index contributed by atoms with van der Waals surface area (Å²) in [5.74, 6) is 8.87. The zero-order valence-electron chi connectivity index (χ0n) is 16.1. The van der Waals surface area contributed by atoms with Crippen molar-refractivity contribution in [1.82, 2.24) is 0 Å². The SMILES string of the molecule is C[C@]12CCC(=O)CC1=CCC1C2CC[C@@]2(C)C1CCC2(O)C#CCCI. The van der Waals surface area contributed by atoms with Crippen molar-refractivity contribution < 1.29 is 9.90 Å². The number of allylic oxidation sites excluding steroid dienone is 2. The third kappa shape index (κ3) is 2.65. The summed E-state index contributed by atoms with van der Waals surface area (Å²) < 4.78 is 1.02. The fourth-order valence-electron chi connectivity index (χ4n) is 6.95. The van der Waals surface area contributed by atoms with Gasteiger partial charge < -0.3 is 5.11 Å². The summed E-state index contributed by atoms with van der Waals surface area (Å²) in [6.07, 6.45) is 11.0. The fraction of sp³-hybridized carbons (Fsp3) is 0.783. The number of aliphatic hydroxyl groups is 1. The van der Waals surface area contributed by atoms with Gasteiger partial charge in [-0.15, -0.1) is 0 Å². The first-order valence-corrected chi connectivity index (χ1v) is 11.9. The lowest BCUT2D eigenvalue weighted by atomic mass is 9.47. The molecule has 4 aliphatic rings. The zero-order chi connectivity index (χ0) is 18.6. The number of carbonyl (C=O) groups is 1. The van der Waals surface area contributed by atoms with E-state index in [1.807, 2.05) is 0 Å². The Kier molecular flexibility index (Phi) is 4.84. The van der Waals surface area contributed by atoms with E-state index in [2.05, 4.69) is 54.4 Å². The van der Waals surface area contributed by atoms with Crippen LogP contribution in [0.1, 0.15) is 71.6 Å². The predicted molar refractivity (Wildman–Crippen MR) is 113 cm³/mol. The fourth-order valence-corrected chi connectivity index (χ4v) is 7.22. The Labute approximate surface area is 171 Å². The van der Waals surface area contributed by atoms with E-state index in [0.717, 1.165) is 49.4 Å². The van der Waals surface area contributed by atoms with Crippen molar-refractivity contribution in [2.24, 2.45) is 28.6 Å². The van der Waals surface area contributed by atoms with Gasteiger partial charge in [0, 0.05) is 29.1 Å². The van der Waals surface area contributed by atoms with Gasteiger partial charge in [-0.1, -0.05) is 59.9 Å². The second-order valence-corrected chi connectivity index (χ2v) is 10.6. The van der Waals surface area contributed by atoms with E-state index in [-0.39, 0.29) is 10.8 Å². The van der Waals surface area contributed by atoms with Gasteiger partial charge in [0.25, 0.3) is 0 Å². The quantitative estimate of drug-likeness (QED) is 0.253. The molecule has 0 saturated heterocycles. The molecule has 6 atom stereocenters. The topological polar surface area (TPSA) is 37.3 Å². The lowest BCUT2D eigenvalue weighted by Crippen LogP contribution is -2.54. The van der Waals surface area contributed by atoms with Crippen LogP contribution in [0.4, 0.5) is 0 Å². The highest BCUT2D eigenvalue weighted by atomic mass is 127. The summed E-state index contributed by atoms with van der Waals surface area (Å²) in [6, 6.07) is 0. The van der Waals surface area contributed by atoms with Crippen LogP contribution < -0.4 is 0 Å². The normalized spacial score (nSPS) is 47.2. The average Bonchev–Trinajstić information content (AvgIpc) is 2.87. The standard InChI is InChI=1S/C23H31IO2/c1-21-11-7-17(25)15-16(21)5-6-18-19(21)8-12-22(2)20(18)9-13-23(22,26)10-3-4-14-24/h5,18-20,26H,4,6-9,11-15H2,1-2H3/t18?,19?,20?,21-,22-,23?/m0/s1. The maximum absolute atomic E-state index is 12.0. The van der Waals surface area contributed by atoms with Gasteiger partial charge in [0.1, 0.15) is 11.4 Å². The average molecular weight is 466 g/mol. The van der Waals surface area contributed by atoms with Crippen LogP contribution in [0.5, 0.6) is 0 Å². The number of fused-ring (bicyclic) bond motifs is 5. The van der Waals surface area contributed by atoms with Gasteiger partial charge in [0.15, 0.2) is 0 Å². The first kappa shape index (κ1) is 19.0. The summed E-state index contributed by atoms with van der Waals surface area (Å²) in [7, 11) is 0. The van der Waals surface area contributed by atoms with Gasteiger partial charge in [-0.3, -0.25) is 4.79 Å². The number of ketones is 1. The predicted octanol–water partition coefficient (Wildman–Crippen LogP) is 5.08. The van der Waals surface area contributed by atoms with Crippen molar-refractivity contribution in [3.63, 3.8) is 0 Å². The zero-order valence-corrected chi connectivity index (χ0v) is 18.3. The Morgan fingerprint density at radius 3 is 2.77 bits per heavy atom. The number of Topliss-reactive ketones (excluding diaryl/α,β-unsaturated/α-hetero) is 1. The number of alkyl halides is 1. The number of hydrogen-bond acceptors (Lipinski definition) is 2. The Balaban J connectivity index is 1.64. The molecule has 3 fully saturated rings. The summed E-state index contributed by atoms with van der Waals surface area (Å²) in [4.78, 5) is 12.0. The molecule has 0 aromatic heterocycles. The van der Waals surface area contributed by atoms with Crippen molar-refractivity contribution in [1.29, 1.82) is 0 Å². The molecule has 3 heteroatoms. The van der Waals surface area contributed by atoms with Gasteiger partial charge in [0.05, 0.1) is 0 Å². The van der Waals surface area contributed by atoms with Crippen LogP contribution in [-0.4, -0.2) is 20.9 Å². The molecule has 26 heavy (non-hydrogen) atoms. The monoisotopic (exact) mass is 466 g/mol. The molecule has 0 aromatic rings. The van der Waals surface area contributed by atoms with Crippen LogP contribution in [0.2, 0.25) is 0 Å². The van der Waals surface area contributed by atoms with Gasteiger partial charge in [-0.25, -0.2) is 0 Å². The van der Waals surface area contributed by atoms with E-state index in [1.54, 1.807) is 0 Å². The summed E-state index contributed by atoms with van der Waals surface area (Å²) in [5, 5.41) is 11.5. The highest BCUT2D eigenvalue weighted by Gasteiger charge is 2.63. The molecule has 0 heterocycles. The summed E-state index contributed by atoms with van der Waals surface area (Å²) in [6.45, 7) is 4.73. The van der Waals surface area contributed by atoms with E-state index in [0.29, 0.717) is 30.0 Å². The van der Waals surface area contributed by atoms with E-state index in [9.17, 15) is 9.90 Å². The molecule has 2 nitrogen and oxygen atoms in total. The van der Waals surface area contributed by atoms with Crippen LogP contribution >= 0.6 is 22.6 Å². The molecule has 0 amide bonds. The molecule has 142 valence electrons. The number of carbonyl (C=O) groups excluding carboxylic acids is 1. The number of hydrogen-bond donors (Lipinski definition) is 1. The Bertz CT molecular complexity index is 701. The molecule has 1 N–H and O–H groups in total. The molecule has 0 radical (unpaired) electrons. The van der Waals surface area contributed by atoms with Crippen molar-refractivity contribution >= 4 is 28.4 Å². The van der Waals surface area contributed by atoms with Crippen molar-refractivity contribution in [3.8, 4) is 11.8 Å². The first-order valence-electron chi connectivity index (χ1n) is 10.3. The lowest BCUT2D eigenvalue weighted by molar-refractivity contribution is -0.123. The van der Waals surface area contributed by atoms with E-state index in [1.165, 1.54) is 12.0 Å². The number of halogens is 1. The minimum Gasteiger partial charge on any atom is -0.377 e. The van der Waals surface area contributed by atoms with Crippen LogP contribution in [0.15, 0.2) is 11.6 Å². The Hall–Kier alpha value is -0.340. The molecular formula is C23H31IO2. The molecule has 4 aliphatic carbocycles. The van der Waals surface area contributed by atoms with Gasteiger partial charge in [0.2, 0.25) is 0 Å². The molecule has 0 aliphatic heterocycles. The third-order valence-corrected chi connectivity index (χ3v) is 9.14. The second-order valence-electron chi connectivity index (χ2n) is 9.57. The largest absolute Gasteiger partial charge is 0.377 e. The van der Waals surface area contributed by atoms with Crippen molar-refractivity contribution in [2.45, 2.75) is 77.2 Å². The minimum atomic E-state index is -0.804. The molecule has 0 spiro atoms. The molecule has 4 unspecified atom stereocenters. The molecule has 0 aromatic carbocycles. The maximum atomic E-state index is 12.0. The maximum Gasteiger partial charge on any atom is 0.136 e. The van der Waals surface area contributed by atoms with E-state index < -0.39 is 5.60 Å². The van der Waals surface area contributed by atoms with Crippen LogP contribution in [-0.2, 0) is 4.79 Å². The Morgan fingerprint density at radius 2 is 2.00 bits per heavy atom. The van der Waals surface area contributed by atoms with E-state index in [4.69, 9.17) is 0 Å². The highest BCUT2D eigenvalue weighted by molar-refractivity contribution is 14.1. The van der Waals surface area contributed by atoms with Crippen molar-refractivity contribution in [2.75, 3.05) is 4.43 Å². The third-order valence-electron chi connectivity index (χ3n) is 8.60. The van der Waals surface area contributed by atoms with Crippen LogP contribution in [0.25, 0.3) is 0 Å². The first-order chi connectivity index (χ1) is 12.3. The van der Waals surface area contributed by atoms with Crippen LogP contribution in [0.3, 0.4) is 0 Å². The summed E-state index contributed by atoms with van der Waals surface area (Å²) in [5.41, 5.74) is 0.764. The van der Waals surface area contributed by atoms with Crippen molar-refractivity contribution in [3.05, 3.63) is 11.6 Å². The molecule has 3 saturated carbocycles. The highest BCUT2D eigenvalue weighted by Crippen LogP contribution is 2.66.